The molecular formula is C22H32IN3O. The first kappa shape index (κ1) is 23.4. The lowest BCUT2D eigenvalue weighted by Gasteiger charge is -2.28. The quantitative estimate of drug-likeness (QED) is 0.320. The van der Waals surface area contributed by atoms with Gasteiger partial charge < -0.3 is 15.7 Å². The first-order valence-corrected chi connectivity index (χ1v) is 9.14. The largest absolute Gasteiger partial charge is 0.396 e. The molecule has 0 amide bonds. The molecule has 1 atom stereocenters. The van der Waals surface area contributed by atoms with Crippen LogP contribution in [0.25, 0.3) is 0 Å². The van der Waals surface area contributed by atoms with Gasteiger partial charge in [0.05, 0.1) is 6.61 Å². The first-order chi connectivity index (χ1) is 12.5. The van der Waals surface area contributed by atoms with Gasteiger partial charge in [-0.25, -0.2) is 0 Å². The van der Waals surface area contributed by atoms with Gasteiger partial charge in [-0.2, -0.15) is 0 Å². The van der Waals surface area contributed by atoms with Crippen molar-refractivity contribution < 1.29 is 5.11 Å². The lowest BCUT2D eigenvalue weighted by molar-refractivity contribution is 0.265. The summed E-state index contributed by atoms with van der Waals surface area (Å²) in [5, 5.41) is 16.5. The van der Waals surface area contributed by atoms with Crippen LogP contribution < -0.4 is 10.6 Å². The molecule has 4 nitrogen and oxygen atoms in total. The molecule has 0 spiro atoms. The summed E-state index contributed by atoms with van der Waals surface area (Å²) < 4.78 is 0. The van der Waals surface area contributed by atoms with Crippen molar-refractivity contribution in [3.05, 3.63) is 71.3 Å². The summed E-state index contributed by atoms with van der Waals surface area (Å²) in [4.78, 5) is 4.32. The SMILES string of the molecule is CN=C(NCC(CO)c1ccccc1)NCC(C)(C)c1ccccc1C.I. The lowest BCUT2D eigenvalue weighted by atomic mass is 9.82. The summed E-state index contributed by atoms with van der Waals surface area (Å²) in [6.07, 6.45) is 0. The Bertz CT molecular complexity index is 717. The molecule has 0 aromatic heterocycles. The Hall–Kier alpha value is -1.60. The second-order valence-corrected chi connectivity index (χ2v) is 7.30. The summed E-state index contributed by atoms with van der Waals surface area (Å²) >= 11 is 0. The van der Waals surface area contributed by atoms with Crippen LogP contribution in [-0.2, 0) is 5.41 Å². The van der Waals surface area contributed by atoms with Crippen LogP contribution in [0.3, 0.4) is 0 Å². The highest BCUT2D eigenvalue weighted by molar-refractivity contribution is 14.0. The number of aliphatic hydroxyl groups is 1. The van der Waals surface area contributed by atoms with E-state index in [0.29, 0.717) is 6.54 Å². The van der Waals surface area contributed by atoms with Gasteiger partial charge in [-0.1, -0.05) is 68.4 Å². The molecule has 5 heteroatoms. The molecular weight excluding hydrogens is 449 g/mol. The number of rotatable bonds is 7. The molecule has 0 fully saturated rings. The molecule has 0 aliphatic carbocycles. The average molecular weight is 481 g/mol. The van der Waals surface area contributed by atoms with Crippen molar-refractivity contribution in [1.29, 1.82) is 0 Å². The highest BCUT2D eigenvalue weighted by Crippen LogP contribution is 2.25. The summed E-state index contributed by atoms with van der Waals surface area (Å²) in [5.74, 6) is 0.792. The van der Waals surface area contributed by atoms with E-state index in [2.05, 4.69) is 60.7 Å². The third-order valence-electron chi connectivity index (χ3n) is 4.80. The van der Waals surface area contributed by atoms with Crippen LogP contribution in [0, 0.1) is 6.92 Å². The van der Waals surface area contributed by atoms with Gasteiger partial charge in [-0.3, -0.25) is 4.99 Å². The van der Waals surface area contributed by atoms with Crippen LogP contribution in [0.4, 0.5) is 0 Å². The summed E-state index contributed by atoms with van der Waals surface area (Å²) in [6.45, 7) is 8.11. The average Bonchev–Trinajstić information content (AvgIpc) is 2.65. The minimum atomic E-state index is -0.0151. The fraction of sp³-hybridized carbons (Fsp3) is 0.409. The van der Waals surface area contributed by atoms with Gasteiger partial charge in [-0.05, 0) is 23.6 Å². The second kappa shape index (κ2) is 11.3. The van der Waals surface area contributed by atoms with Crippen molar-refractivity contribution in [2.24, 2.45) is 4.99 Å². The fourth-order valence-electron chi connectivity index (χ4n) is 3.19. The van der Waals surface area contributed by atoms with Gasteiger partial charge >= 0.3 is 0 Å². The fourth-order valence-corrected chi connectivity index (χ4v) is 3.19. The van der Waals surface area contributed by atoms with E-state index in [1.807, 2.05) is 30.3 Å². The number of nitrogens with one attached hydrogen (secondary N) is 2. The first-order valence-electron chi connectivity index (χ1n) is 9.14. The van der Waals surface area contributed by atoms with Gasteiger partial charge in [0, 0.05) is 31.5 Å². The maximum absolute atomic E-state index is 9.70. The number of aliphatic hydroxyl groups excluding tert-OH is 1. The van der Waals surface area contributed by atoms with Crippen molar-refractivity contribution >= 4 is 29.9 Å². The Labute approximate surface area is 180 Å². The highest BCUT2D eigenvalue weighted by Gasteiger charge is 2.22. The van der Waals surface area contributed by atoms with Gasteiger partial charge in [0.2, 0.25) is 0 Å². The predicted octanol–water partition coefficient (Wildman–Crippen LogP) is 3.83. The molecule has 2 aromatic rings. The van der Waals surface area contributed by atoms with Crippen molar-refractivity contribution in [2.75, 3.05) is 26.7 Å². The Morgan fingerprint density at radius 2 is 1.67 bits per heavy atom. The monoisotopic (exact) mass is 481 g/mol. The Morgan fingerprint density at radius 1 is 1.04 bits per heavy atom. The third-order valence-corrected chi connectivity index (χ3v) is 4.80. The van der Waals surface area contributed by atoms with Crippen LogP contribution in [0.15, 0.2) is 59.6 Å². The Morgan fingerprint density at radius 3 is 2.26 bits per heavy atom. The van der Waals surface area contributed by atoms with Crippen molar-refractivity contribution in [1.82, 2.24) is 10.6 Å². The van der Waals surface area contributed by atoms with Gasteiger partial charge in [0.25, 0.3) is 0 Å². The number of hydrogen-bond acceptors (Lipinski definition) is 2. The maximum Gasteiger partial charge on any atom is 0.191 e. The number of aliphatic imine (C=N–C) groups is 1. The van der Waals surface area contributed by atoms with Crippen molar-refractivity contribution in [3.8, 4) is 0 Å². The molecule has 0 saturated carbocycles. The van der Waals surface area contributed by atoms with Crippen molar-refractivity contribution in [2.45, 2.75) is 32.1 Å². The minimum absolute atomic E-state index is 0. The van der Waals surface area contributed by atoms with E-state index in [1.165, 1.54) is 11.1 Å². The standard InChI is InChI=1S/C22H31N3O.HI/c1-17-10-8-9-13-20(17)22(2,3)16-25-21(23-4)24-14-19(15-26)18-11-6-5-7-12-18;/h5-13,19,26H,14-16H2,1-4H3,(H2,23,24,25);1H. The molecule has 2 aromatic carbocycles. The van der Waals surface area contributed by atoms with E-state index in [-0.39, 0.29) is 41.9 Å². The van der Waals surface area contributed by atoms with Crippen LogP contribution in [0.1, 0.15) is 36.5 Å². The van der Waals surface area contributed by atoms with E-state index in [0.717, 1.165) is 18.1 Å². The summed E-state index contributed by atoms with van der Waals surface area (Å²) in [5.41, 5.74) is 3.74. The molecule has 0 aliphatic rings. The van der Waals surface area contributed by atoms with E-state index in [1.54, 1.807) is 7.05 Å². The smallest absolute Gasteiger partial charge is 0.191 e. The van der Waals surface area contributed by atoms with E-state index in [4.69, 9.17) is 0 Å². The number of benzene rings is 2. The molecule has 0 bridgehead atoms. The zero-order valence-corrected chi connectivity index (χ0v) is 19.0. The van der Waals surface area contributed by atoms with Crippen LogP contribution in [0.2, 0.25) is 0 Å². The Kier molecular flexibility index (Phi) is 9.80. The second-order valence-electron chi connectivity index (χ2n) is 7.30. The molecule has 148 valence electrons. The van der Waals surface area contributed by atoms with Gasteiger partial charge in [0.1, 0.15) is 0 Å². The number of nitrogens with zero attached hydrogens (tertiary/aromatic N) is 1. The number of guanidine groups is 1. The van der Waals surface area contributed by atoms with E-state index >= 15 is 0 Å². The molecule has 27 heavy (non-hydrogen) atoms. The summed E-state index contributed by atoms with van der Waals surface area (Å²) in [6, 6.07) is 18.6. The third kappa shape index (κ3) is 6.81. The maximum atomic E-state index is 9.70. The zero-order chi connectivity index (χ0) is 19.0. The lowest BCUT2D eigenvalue weighted by Crippen LogP contribution is -2.45. The van der Waals surface area contributed by atoms with Crippen LogP contribution in [-0.4, -0.2) is 37.8 Å². The number of halogens is 1. The van der Waals surface area contributed by atoms with Gasteiger partial charge in [0.15, 0.2) is 5.96 Å². The normalized spacial score (nSPS) is 12.9. The number of aryl methyl sites for hydroxylation is 1. The molecule has 2 rings (SSSR count). The molecule has 0 heterocycles. The van der Waals surface area contributed by atoms with Crippen LogP contribution in [0.5, 0.6) is 0 Å². The van der Waals surface area contributed by atoms with E-state index in [9.17, 15) is 5.11 Å². The minimum Gasteiger partial charge on any atom is -0.396 e. The van der Waals surface area contributed by atoms with Gasteiger partial charge in [-0.15, -0.1) is 24.0 Å². The van der Waals surface area contributed by atoms with E-state index < -0.39 is 0 Å². The molecule has 0 aliphatic heterocycles. The predicted molar refractivity (Wildman–Crippen MR) is 125 cm³/mol. The zero-order valence-electron chi connectivity index (χ0n) is 16.7. The molecule has 0 saturated heterocycles. The Balaban J connectivity index is 0.00000364. The topological polar surface area (TPSA) is 56.7 Å². The molecule has 0 radical (unpaired) electrons. The molecule has 3 N–H and O–H groups in total. The highest BCUT2D eigenvalue weighted by atomic mass is 127. The summed E-state index contributed by atoms with van der Waals surface area (Å²) in [7, 11) is 1.77. The van der Waals surface area contributed by atoms with Crippen LogP contribution >= 0.6 is 24.0 Å². The molecule has 1 unspecified atom stereocenters. The number of hydrogen-bond donors (Lipinski definition) is 3. The van der Waals surface area contributed by atoms with Crippen molar-refractivity contribution in [3.63, 3.8) is 0 Å².